The molecule has 2 amide bonds. The first-order chi connectivity index (χ1) is 17.3. The first-order valence-electron chi connectivity index (χ1n) is 11.5. The maximum Gasteiger partial charge on any atom is 0.262 e. The molecular formula is C28H30ClN3O4. The summed E-state index contributed by atoms with van der Waals surface area (Å²) in [5.41, 5.74) is 5.74. The van der Waals surface area contributed by atoms with Crippen LogP contribution in [0.15, 0.2) is 71.8 Å². The summed E-state index contributed by atoms with van der Waals surface area (Å²) in [6.45, 7) is 6.12. The van der Waals surface area contributed by atoms with Crippen LogP contribution in [0.1, 0.15) is 40.9 Å². The number of amides is 2. The quantitative estimate of drug-likeness (QED) is 0.294. The molecule has 0 saturated carbocycles. The molecule has 36 heavy (non-hydrogen) atoms. The smallest absolute Gasteiger partial charge is 0.262 e. The van der Waals surface area contributed by atoms with Crippen molar-refractivity contribution < 1.29 is 19.1 Å². The van der Waals surface area contributed by atoms with Crippen LogP contribution >= 0.6 is 11.6 Å². The van der Waals surface area contributed by atoms with Crippen molar-refractivity contribution in [2.45, 2.75) is 33.4 Å². The normalized spacial score (nSPS) is 11.8. The number of rotatable bonds is 10. The maximum absolute atomic E-state index is 12.7. The van der Waals surface area contributed by atoms with Crippen LogP contribution in [0.4, 0.5) is 0 Å². The van der Waals surface area contributed by atoms with Gasteiger partial charge >= 0.3 is 0 Å². The zero-order chi connectivity index (χ0) is 26.1. The molecule has 0 saturated heterocycles. The van der Waals surface area contributed by atoms with Crippen LogP contribution in [0.3, 0.4) is 0 Å². The van der Waals surface area contributed by atoms with E-state index in [9.17, 15) is 9.59 Å². The highest BCUT2D eigenvalue weighted by atomic mass is 35.5. The molecule has 2 N–H and O–H groups in total. The summed E-state index contributed by atoms with van der Waals surface area (Å²) in [5.74, 6) is 0.111. The lowest BCUT2D eigenvalue weighted by Gasteiger charge is -2.20. The molecule has 0 heterocycles. The van der Waals surface area contributed by atoms with Crippen LogP contribution in [0, 0.1) is 12.8 Å². The van der Waals surface area contributed by atoms with Gasteiger partial charge < -0.3 is 14.8 Å². The van der Waals surface area contributed by atoms with Crippen LogP contribution in [0.5, 0.6) is 11.5 Å². The number of nitrogens with zero attached hydrogens (tertiary/aromatic N) is 1. The fraction of sp³-hybridized carbons (Fsp3) is 0.250. The van der Waals surface area contributed by atoms with Crippen molar-refractivity contribution in [2.24, 2.45) is 11.0 Å². The Balaban J connectivity index is 1.62. The number of nitrogens with one attached hydrogen (secondary N) is 2. The molecule has 0 bridgehead atoms. The fourth-order valence-electron chi connectivity index (χ4n) is 3.49. The minimum Gasteiger partial charge on any atom is -0.493 e. The van der Waals surface area contributed by atoms with Gasteiger partial charge in [0, 0.05) is 0 Å². The van der Waals surface area contributed by atoms with Crippen molar-refractivity contribution in [2.75, 3.05) is 7.11 Å². The molecule has 7 nitrogen and oxygen atoms in total. The van der Waals surface area contributed by atoms with E-state index in [-0.39, 0.29) is 5.92 Å². The number of halogens is 1. The minimum atomic E-state index is -0.794. The number of hydrogen-bond donors (Lipinski definition) is 2. The first-order valence-corrected chi connectivity index (χ1v) is 11.9. The van der Waals surface area contributed by atoms with Crippen molar-refractivity contribution in [1.29, 1.82) is 0 Å². The Morgan fingerprint density at radius 2 is 1.81 bits per heavy atom. The van der Waals surface area contributed by atoms with E-state index in [0.717, 1.165) is 5.56 Å². The Labute approximate surface area is 216 Å². The first kappa shape index (κ1) is 26.8. The molecule has 1 unspecified atom stereocenters. The summed E-state index contributed by atoms with van der Waals surface area (Å²) < 4.78 is 11.4. The van der Waals surface area contributed by atoms with Crippen LogP contribution in [-0.2, 0) is 11.4 Å². The topological polar surface area (TPSA) is 89.0 Å². The third-order valence-electron chi connectivity index (χ3n) is 5.41. The molecule has 0 fully saturated rings. The number of ether oxygens (including phenoxy) is 2. The van der Waals surface area contributed by atoms with E-state index < -0.39 is 17.9 Å². The Kier molecular flexibility index (Phi) is 9.47. The van der Waals surface area contributed by atoms with Gasteiger partial charge in [-0.15, -0.1) is 0 Å². The molecule has 0 spiro atoms. The molecule has 0 aliphatic heterocycles. The standard InChI is InChI=1S/C28H30ClN3O4/c1-18(2)26(31-27(33)22-10-5-6-11-23(22)29)28(34)32-30-16-20-12-13-24(25(15-20)35-4)36-17-21-9-7-8-19(3)14-21/h5-16,18,26H,17H2,1-4H3,(H,31,33)(H,32,34)/b30-16-. The summed E-state index contributed by atoms with van der Waals surface area (Å²) in [4.78, 5) is 25.3. The number of benzene rings is 3. The summed E-state index contributed by atoms with van der Waals surface area (Å²) in [7, 11) is 1.56. The monoisotopic (exact) mass is 507 g/mol. The molecule has 0 radical (unpaired) electrons. The third-order valence-corrected chi connectivity index (χ3v) is 5.74. The Morgan fingerprint density at radius 1 is 1.03 bits per heavy atom. The van der Waals surface area contributed by atoms with Gasteiger partial charge in [-0.3, -0.25) is 9.59 Å². The van der Waals surface area contributed by atoms with E-state index in [1.165, 1.54) is 11.8 Å². The second-order valence-electron chi connectivity index (χ2n) is 8.60. The van der Waals surface area contributed by atoms with Crippen molar-refractivity contribution in [3.05, 3.63) is 94.0 Å². The predicted octanol–water partition coefficient (Wildman–Crippen LogP) is 5.14. The lowest BCUT2D eigenvalue weighted by atomic mass is 10.0. The van der Waals surface area contributed by atoms with Crippen molar-refractivity contribution >= 4 is 29.6 Å². The van der Waals surface area contributed by atoms with Gasteiger partial charge in [-0.25, -0.2) is 5.43 Å². The van der Waals surface area contributed by atoms with Gasteiger partial charge in [-0.05, 0) is 54.3 Å². The number of carbonyl (C=O) groups is 2. The van der Waals surface area contributed by atoms with Crippen LogP contribution in [0.2, 0.25) is 5.02 Å². The average molecular weight is 508 g/mol. The highest BCUT2D eigenvalue weighted by Crippen LogP contribution is 2.28. The summed E-state index contributed by atoms with van der Waals surface area (Å²) >= 11 is 6.10. The van der Waals surface area contributed by atoms with E-state index >= 15 is 0 Å². The number of aryl methyl sites for hydroxylation is 1. The highest BCUT2D eigenvalue weighted by Gasteiger charge is 2.25. The van der Waals surface area contributed by atoms with E-state index in [1.807, 2.05) is 45.0 Å². The zero-order valence-corrected chi connectivity index (χ0v) is 21.5. The number of carbonyl (C=O) groups excluding carboxylic acids is 2. The van der Waals surface area contributed by atoms with E-state index in [2.05, 4.69) is 21.9 Å². The SMILES string of the molecule is COc1cc(/C=N\NC(=O)C(NC(=O)c2ccccc2Cl)C(C)C)ccc1OCc1cccc(C)c1. The minimum absolute atomic E-state index is 0.170. The number of hydrazone groups is 1. The molecule has 0 aromatic heterocycles. The largest absolute Gasteiger partial charge is 0.493 e. The van der Waals surface area contributed by atoms with Gasteiger partial charge in [0.2, 0.25) is 0 Å². The van der Waals surface area contributed by atoms with Gasteiger partial charge in [-0.2, -0.15) is 5.10 Å². The van der Waals surface area contributed by atoms with Crippen LogP contribution in [-0.4, -0.2) is 31.2 Å². The molecule has 0 aliphatic carbocycles. The van der Waals surface area contributed by atoms with Gasteiger partial charge in [-0.1, -0.05) is 67.4 Å². The van der Waals surface area contributed by atoms with E-state index in [1.54, 1.807) is 43.5 Å². The number of methoxy groups -OCH3 is 1. The molecule has 3 aromatic rings. The molecular weight excluding hydrogens is 478 g/mol. The van der Waals surface area contributed by atoms with Gasteiger partial charge in [0.1, 0.15) is 12.6 Å². The van der Waals surface area contributed by atoms with Gasteiger partial charge in [0.05, 0.1) is 23.9 Å². The lowest BCUT2D eigenvalue weighted by Crippen LogP contribution is -2.48. The van der Waals surface area contributed by atoms with Crippen molar-refractivity contribution in [1.82, 2.24) is 10.7 Å². The second kappa shape index (κ2) is 12.7. The highest BCUT2D eigenvalue weighted by molar-refractivity contribution is 6.33. The predicted molar refractivity (Wildman–Crippen MR) is 142 cm³/mol. The van der Waals surface area contributed by atoms with Crippen LogP contribution in [0.25, 0.3) is 0 Å². The molecule has 188 valence electrons. The fourth-order valence-corrected chi connectivity index (χ4v) is 3.71. The average Bonchev–Trinajstić information content (AvgIpc) is 2.86. The Hall–Kier alpha value is -3.84. The van der Waals surface area contributed by atoms with E-state index in [0.29, 0.717) is 34.3 Å². The Morgan fingerprint density at radius 3 is 2.50 bits per heavy atom. The van der Waals surface area contributed by atoms with Crippen molar-refractivity contribution in [3.8, 4) is 11.5 Å². The molecule has 0 aliphatic rings. The van der Waals surface area contributed by atoms with E-state index in [4.69, 9.17) is 21.1 Å². The lowest BCUT2D eigenvalue weighted by molar-refractivity contribution is -0.123. The van der Waals surface area contributed by atoms with Gasteiger partial charge in [0.25, 0.3) is 11.8 Å². The zero-order valence-electron chi connectivity index (χ0n) is 20.7. The van der Waals surface area contributed by atoms with Crippen molar-refractivity contribution in [3.63, 3.8) is 0 Å². The summed E-state index contributed by atoms with van der Waals surface area (Å²) in [6.07, 6.45) is 1.50. The Bertz CT molecular complexity index is 1240. The molecule has 3 aromatic carbocycles. The molecule has 8 heteroatoms. The molecule has 1 atom stereocenters. The second-order valence-corrected chi connectivity index (χ2v) is 9.00. The van der Waals surface area contributed by atoms with Crippen LogP contribution < -0.4 is 20.2 Å². The third kappa shape index (κ3) is 7.33. The van der Waals surface area contributed by atoms with Gasteiger partial charge in [0.15, 0.2) is 11.5 Å². The maximum atomic E-state index is 12.7. The summed E-state index contributed by atoms with van der Waals surface area (Å²) in [6, 6.07) is 19.3. The summed E-state index contributed by atoms with van der Waals surface area (Å²) in [5, 5.41) is 7.10. The molecule has 3 rings (SSSR count). The number of hydrogen-bond acceptors (Lipinski definition) is 5.